The van der Waals surface area contributed by atoms with Crippen molar-refractivity contribution in [3.8, 4) is 11.4 Å². The van der Waals surface area contributed by atoms with Crippen LogP contribution in [-0.2, 0) is 6.54 Å². The number of piperidine rings is 1. The predicted molar refractivity (Wildman–Crippen MR) is 107 cm³/mol. The van der Waals surface area contributed by atoms with Crippen LogP contribution in [0.4, 0.5) is 0 Å². The first-order valence-electron chi connectivity index (χ1n) is 9.80. The van der Waals surface area contributed by atoms with E-state index in [-0.39, 0.29) is 12.1 Å². The molecule has 1 aliphatic rings. The molecular formula is C21H26N6O. The first-order valence-corrected chi connectivity index (χ1v) is 9.80. The summed E-state index contributed by atoms with van der Waals surface area (Å²) in [5, 5.41) is 11.5. The molecule has 0 amide bonds. The Morgan fingerprint density at radius 1 is 1.18 bits per heavy atom. The van der Waals surface area contributed by atoms with E-state index >= 15 is 0 Å². The summed E-state index contributed by atoms with van der Waals surface area (Å²) in [6, 6.07) is 16.9. The van der Waals surface area contributed by atoms with Gasteiger partial charge in [-0.25, -0.2) is 4.68 Å². The van der Waals surface area contributed by atoms with Gasteiger partial charge in [-0.15, -0.1) is 5.10 Å². The van der Waals surface area contributed by atoms with E-state index in [2.05, 4.69) is 50.8 Å². The lowest BCUT2D eigenvalue weighted by Gasteiger charge is -2.40. The van der Waals surface area contributed by atoms with Crippen molar-refractivity contribution in [2.45, 2.75) is 38.4 Å². The lowest BCUT2D eigenvalue weighted by molar-refractivity contribution is 0.119. The summed E-state index contributed by atoms with van der Waals surface area (Å²) < 4.78 is 7.56. The first-order chi connectivity index (χ1) is 13.8. The van der Waals surface area contributed by atoms with Gasteiger partial charge in [0.1, 0.15) is 12.1 Å². The smallest absolute Gasteiger partial charge is 0.143 e. The van der Waals surface area contributed by atoms with Crippen LogP contribution in [0, 0.1) is 0 Å². The fourth-order valence-corrected chi connectivity index (χ4v) is 4.01. The summed E-state index contributed by atoms with van der Waals surface area (Å²) >= 11 is 0. The highest BCUT2D eigenvalue weighted by molar-refractivity contribution is 5.44. The van der Waals surface area contributed by atoms with E-state index in [9.17, 15) is 0 Å². The van der Waals surface area contributed by atoms with Crippen molar-refractivity contribution in [1.29, 1.82) is 0 Å². The fourth-order valence-electron chi connectivity index (χ4n) is 4.01. The van der Waals surface area contributed by atoms with Crippen LogP contribution in [0.3, 0.4) is 0 Å². The number of likely N-dealkylation sites (tertiary alicyclic amines) is 1. The molecule has 0 aliphatic carbocycles. The molecule has 2 N–H and O–H groups in total. The largest absolute Gasteiger partial charge is 0.494 e. The van der Waals surface area contributed by atoms with Gasteiger partial charge >= 0.3 is 0 Å². The second-order valence-corrected chi connectivity index (χ2v) is 7.11. The molecule has 7 heteroatoms. The number of aromatic nitrogens is 4. The van der Waals surface area contributed by atoms with E-state index in [1.54, 1.807) is 11.0 Å². The number of nitrogens with zero attached hydrogens (tertiary/aromatic N) is 5. The van der Waals surface area contributed by atoms with Crippen LogP contribution < -0.4 is 10.5 Å². The monoisotopic (exact) mass is 378 g/mol. The van der Waals surface area contributed by atoms with Gasteiger partial charge in [0.15, 0.2) is 0 Å². The van der Waals surface area contributed by atoms with Gasteiger partial charge in [0.25, 0.3) is 0 Å². The Kier molecular flexibility index (Phi) is 5.64. The SMILES string of the molecule is CCOc1ccc(-n2cnnn2)cc1CN1CCC[C@H](N)[C@@H]1c1ccccc1. The molecule has 0 bridgehead atoms. The number of hydrogen-bond acceptors (Lipinski definition) is 6. The van der Waals surface area contributed by atoms with E-state index in [1.165, 1.54) is 5.56 Å². The molecule has 1 fully saturated rings. The average molecular weight is 378 g/mol. The van der Waals surface area contributed by atoms with Crippen LogP contribution in [0.15, 0.2) is 54.9 Å². The van der Waals surface area contributed by atoms with Crippen molar-refractivity contribution >= 4 is 0 Å². The number of ether oxygens (including phenoxy) is 1. The second-order valence-electron chi connectivity index (χ2n) is 7.11. The molecule has 3 aromatic rings. The van der Waals surface area contributed by atoms with Gasteiger partial charge < -0.3 is 10.5 Å². The number of hydrogen-bond donors (Lipinski definition) is 1. The number of nitrogens with two attached hydrogens (primary N) is 1. The lowest BCUT2D eigenvalue weighted by atomic mass is 9.90. The zero-order valence-electron chi connectivity index (χ0n) is 16.1. The van der Waals surface area contributed by atoms with Crippen molar-refractivity contribution in [1.82, 2.24) is 25.1 Å². The topological polar surface area (TPSA) is 82.1 Å². The molecule has 1 aliphatic heterocycles. The molecular weight excluding hydrogens is 352 g/mol. The Hall–Kier alpha value is -2.77. The van der Waals surface area contributed by atoms with Crippen LogP contribution in [0.1, 0.15) is 36.9 Å². The second kappa shape index (κ2) is 8.50. The average Bonchev–Trinajstić information content (AvgIpc) is 3.25. The van der Waals surface area contributed by atoms with E-state index in [4.69, 9.17) is 10.5 Å². The van der Waals surface area contributed by atoms with Gasteiger partial charge in [-0.05, 0) is 60.5 Å². The van der Waals surface area contributed by atoms with Gasteiger partial charge in [-0.3, -0.25) is 4.90 Å². The Morgan fingerprint density at radius 3 is 2.79 bits per heavy atom. The summed E-state index contributed by atoms with van der Waals surface area (Å²) in [4.78, 5) is 2.46. The molecule has 0 radical (unpaired) electrons. The van der Waals surface area contributed by atoms with Crippen molar-refractivity contribution in [3.63, 3.8) is 0 Å². The minimum atomic E-state index is 0.120. The van der Waals surface area contributed by atoms with Crippen molar-refractivity contribution in [3.05, 3.63) is 66.0 Å². The molecule has 2 heterocycles. The molecule has 2 atom stereocenters. The summed E-state index contributed by atoms with van der Waals surface area (Å²) in [7, 11) is 0. The third-order valence-corrected chi connectivity index (χ3v) is 5.25. The highest BCUT2D eigenvalue weighted by Crippen LogP contribution is 2.33. The van der Waals surface area contributed by atoms with Crippen LogP contribution in [0.5, 0.6) is 5.75 Å². The maximum Gasteiger partial charge on any atom is 0.143 e. The molecule has 146 valence electrons. The third kappa shape index (κ3) is 3.90. The Balaban J connectivity index is 1.66. The highest BCUT2D eigenvalue weighted by Gasteiger charge is 2.30. The predicted octanol–water partition coefficient (Wildman–Crippen LogP) is 2.73. The summed E-state index contributed by atoms with van der Waals surface area (Å²) in [5.41, 5.74) is 9.86. The van der Waals surface area contributed by atoms with Crippen LogP contribution in [-0.4, -0.2) is 44.3 Å². The Labute approximate surface area is 165 Å². The Bertz CT molecular complexity index is 883. The summed E-state index contributed by atoms with van der Waals surface area (Å²) in [6.07, 6.45) is 3.74. The highest BCUT2D eigenvalue weighted by atomic mass is 16.5. The first kappa shape index (κ1) is 18.6. The van der Waals surface area contributed by atoms with E-state index in [0.717, 1.165) is 42.9 Å². The lowest BCUT2D eigenvalue weighted by Crippen LogP contribution is -2.45. The van der Waals surface area contributed by atoms with E-state index < -0.39 is 0 Å². The molecule has 7 nitrogen and oxygen atoms in total. The molecule has 0 spiro atoms. The van der Waals surface area contributed by atoms with Crippen molar-refractivity contribution in [2.24, 2.45) is 5.73 Å². The molecule has 4 rings (SSSR count). The molecule has 0 unspecified atom stereocenters. The van der Waals surface area contributed by atoms with Gasteiger partial charge in [0.2, 0.25) is 0 Å². The number of benzene rings is 2. The van der Waals surface area contributed by atoms with Crippen molar-refractivity contribution < 1.29 is 4.74 Å². The maximum atomic E-state index is 6.56. The number of rotatable bonds is 6. The zero-order valence-corrected chi connectivity index (χ0v) is 16.1. The van der Waals surface area contributed by atoms with Crippen LogP contribution in [0.25, 0.3) is 5.69 Å². The normalized spacial score (nSPS) is 20.2. The summed E-state index contributed by atoms with van der Waals surface area (Å²) in [5.74, 6) is 0.894. The summed E-state index contributed by atoms with van der Waals surface area (Å²) in [6.45, 7) is 4.40. The van der Waals surface area contributed by atoms with Gasteiger partial charge in [-0.1, -0.05) is 30.3 Å². The quantitative estimate of drug-likeness (QED) is 0.710. The van der Waals surface area contributed by atoms with Crippen LogP contribution in [0.2, 0.25) is 0 Å². The zero-order chi connectivity index (χ0) is 19.3. The Morgan fingerprint density at radius 2 is 2.04 bits per heavy atom. The molecule has 28 heavy (non-hydrogen) atoms. The van der Waals surface area contributed by atoms with Gasteiger partial charge in [-0.2, -0.15) is 0 Å². The van der Waals surface area contributed by atoms with E-state index in [1.807, 2.05) is 25.1 Å². The fraction of sp³-hybridized carbons (Fsp3) is 0.381. The van der Waals surface area contributed by atoms with E-state index in [0.29, 0.717) is 6.61 Å². The number of tetrazole rings is 1. The third-order valence-electron chi connectivity index (χ3n) is 5.25. The minimum Gasteiger partial charge on any atom is -0.494 e. The standard InChI is InChI=1S/C21H26N6O/c1-2-28-20-11-10-18(27-15-23-24-25-27)13-17(20)14-26-12-6-9-19(22)21(26)16-7-4-3-5-8-16/h3-5,7-8,10-11,13,15,19,21H,2,6,9,12,14,22H2,1H3/t19-,21-/m0/s1. The van der Waals surface area contributed by atoms with Gasteiger partial charge in [0.05, 0.1) is 18.3 Å². The van der Waals surface area contributed by atoms with Crippen molar-refractivity contribution in [2.75, 3.05) is 13.2 Å². The molecule has 1 saturated heterocycles. The minimum absolute atomic E-state index is 0.120. The van der Waals surface area contributed by atoms with Crippen LogP contribution >= 0.6 is 0 Å². The van der Waals surface area contributed by atoms with Gasteiger partial charge in [0, 0.05) is 18.2 Å². The molecule has 0 saturated carbocycles. The molecule has 1 aromatic heterocycles. The maximum absolute atomic E-state index is 6.56. The molecule has 2 aromatic carbocycles.